The molecule has 0 amide bonds. The van der Waals surface area contributed by atoms with E-state index in [9.17, 15) is 9.18 Å². The Morgan fingerprint density at radius 1 is 1.09 bits per heavy atom. The third-order valence-corrected chi connectivity index (χ3v) is 6.24. The van der Waals surface area contributed by atoms with Crippen molar-refractivity contribution in [3.63, 3.8) is 0 Å². The van der Waals surface area contributed by atoms with E-state index in [0.29, 0.717) is 23.6 Å². The highest BCUT2D eigenvalue weighted by molar-refractivity contribution is 5.85. The molecule has 1 aromatic carbocycles. The summed E-state index contributed by atoms with van der Waals surface area (Å²) in [5, 5.41) is 3.63. The lowest BCUT2D eigenvalue weighted by Crippen LogP contribution is -2.43. The second-order valence-corrected chi connectivity index (χ2v) is 8.26. The van der Waals surface area contributed by atoms with Gasteiger partial charge in [-0.25, -0.2) is 9.37 Å². The fourth-order valence-corrected chi connectivity index (χ4v) is 4.44. The minimum atomic E-state index is -0.356. The molecule has 0 bridgehead atoms. The number of benzene rings is 1. The zero-order chi connectivity index (χ0) is 21.2. The first-order valence-corrected chi connectivity index (χ1v) is 10.9. The van der Waals surface area contributed by atoms with Crippen molar-refractivity contribution in [2.75, 3.05) is 26.2 Å². The molecule has 0 radical (unpaired) electrons. The van der Waals surface area contributed by atoms with Crippen molar-refractivity contribution in [3.05, 3.63) is 64.1 Å². The molecule has 0 aliphatic carbocycles. The number of rotatable bonds is 6. The van der Waals surface area contributed by atoms with Crippen LogP contribution in [0.15, 0.2) is 41.5 Å². The van der Waals surface area contributed by atoms with Crippen molar-refractivity contribution in [1.82, 2.24) is 24.8 Å². The van der Waals surface area contributed by atoms with Gasteiger partial charge in [0.05, 0.1) is 35.7 Å². The zero-order valence-electron chi connectivity index (χ0n) is 18.2. The molecule has 10 heteroatoms. The van der Waals surface area contributed by atoms with Gasteiger partial charge in [-0.05, 0) is 50.2 Å². The van der Waals surface area contributed by atoms with E-state index in [-0.39, 0.29) is 36.2 Å². The molecular weight excluding hydrogens is 468 g/mol. The summed E-state index contributed by atoms with van der Waals surface area (Å²) in [6, 6.07) is 6.97. The SMILES string of the molecule is Cl.Cl.O=c1cnc2ccc(F)cc2n1CCN1CCC(NCc2cc3c(cn2)OCC3)CC1. The number of hydrogen-bond acceptors (Lipinski definition) is 6. The first kappa shape index (κ1) is 25.4. The van der Waals surface area contributed by atoms with Crippen molar-refractivity contribution in [1.29, 1.82) is 0 Å². The Morgan fingerprint density at radius 3 is 2.73 bits per heavy atom. The second kappa shape index (κ2) is 11.2. The average molecular weight is 496 g/mol. The second-order valence-electron chi connectivity index (χ2n) is 8.26. The van der Waals surface area contributed by atoms with Crippen molar-refractivity contribution in [3.8, 4) is 5.75 Å². The van der Waals surface area contributed by atoms with Crippen LogP contribution in [-0.4, -0.2) is 51.7 Å². The van der Waals surface area contributed by atoms with Gasteiger partial charge >= 0.3 is 0 Å². The fraction of sp³-hybridized carbons (Fsp3) is 0.435. The molecule has 33 heavy (non-hydrogen) atoms. The molecule has 1 fully saturated rings. The van der Waals surface area contributed by atoms with Gasteiger partial charge in [-0.2, -0.15) is 0 Å². The van der Waals surface area contributed by atoms with E-state index in [4.69, 9.17) is 4.74 Å². The quantitative estimate of drug-likeness (QED) is 0.566. The van der Waals surface area contributed by atoms with Gasteiger partial charge < -0.3 is 19.5 Å². The molecule has 7 nitrogen and oxygen atoms in total. The molecule has 0 spiro atoms. The first-order valence-electron chi connectivity index (χ1n) is 10.9. The van der Waals surface area contributed by atoms with Crippen molar-refractivity contribution in [2.45, 2.75) is 38.4 Å². The minimum absolute atomic E-state index is 0. The van der Waals surface area contributed by atoms with Gasteiger partial charge in [0.2, 0.25) is 0 Å². The molecule has 4 heterocycles. The predicted molar refractivity (Wildman–Crippen MR) is 130 cm³/mol. The molecule has 1 saturated heterocycles. The minimum Gasteiger partial charge on any atom is -0.491 e. The molecular formula is C23H28Cl2FN5O2. The highest BCUT2D eigenvalue weighted by atomic mass is 35.5. The summed E-state index contributed by atoms with van der Waals surface area (Å²) in [4.78, 5) is 23.3. The number of halogens is 3. The number of aromatic nitrogens is 3. The van der Waals surface area contributed by atoms with Crippen LogP contribution in [0.3, 0.4) is 0 Å². The Bertz CT molecular complexity index is 1150. The van der Waals surface area contributed by atoms with Crippen LogP contribution in [0.25, 0.3) is 11.0 Å². The lowest BCUT2D eigenvalue weighted by Gasteiger charge is -2.32. The number of piperidine rings is 1. The third kappa shape index (κ3) is 5.81. The van der Waals surface area contributed by atoms with E-state index in [0.717, 1.165) is 63.5 Å². The maximum atomic E-state index is 13.7. The zero-order valence-corrected chi connectivity index (χ0v) is 19.8. The van der Waals surface area contributed by atoms with Crippen molar-refractivity contribution >= 4 is 35.8 Å². The van der Waals surface area contributed by atoms with E-state index in [1.807, 2.05) is 6.20 Å². The summed E-state index contributed by atoms with van der Waals surface area (Å²) >= 11 is 0. The van der Waals surface area contributed by atoms with Gasteiger partial charge in [0.1, 0.15) is 11.6 Å². The van der Waals surface area contributed by atoms with Crippen LogP contribution in [0.5, 0.6) is 5.75 Å². The van der Waals surface area contributed by atoms with Gasteiger partial charge in [0.25, 0.3) is 5.56 Å². The van der Waals surface area contributed by atoms with Gasteiger partial charge in [-0.1, -0.05) is 0 Å². The van der Waals surface area contributed by atoms with E-state index < -0.39 is 0 Å². The maximum Gasteiger partial charge on any atom is 0.269 e. The average Bonchev–Trinajstić information content (AvgIpc) is 3.26. The Hall–Kier alpha value is -2.26. The molecule has 2 aromatic heterocycles. The lowest BCUT2D eigenvalue weighted by atomic mass is 10.0. The van der Waals surface area contributed by atoms with Crippen LogP contribution in [0.4, 0.5) is 4.39 Å². The van der Waals surface area contributed by atoms with Crippen LogP contribution in [0.2, 0.25) is 0 Å². The number of pyridine rings is 1. The molecule has 0 unspecified atom stereocenters. The van der Waals surface area contributed by atoms with Crippen LogP contribution in [0.1, 0.15) is 24.1 Å². The smallest absolute Gasteiger partial charge is 0.269 e. The molecule has 3 aromatic rings. The summed E-state index contributed by atoms with van der Waals surface area (Å²) in [5.74, 6) is 0.562. The van der Waals surface area contributed by atoms with Crippen LogP contribution < -0.4 is 15.6 Å². The number of nitrogens with zero attached hydrogens (tertiary/aromatic N) is 4. The summed E-state index contributed by atoms with van der Waals surface area (Å²) in [5.41, 5.74) is 3.30. The number of nitrogens with one attached hydrogen (secondary N) is 1. The summed E-state index contributed by atoms with van der Waals surface area (Å²) in [6.07, 6.45) is 6.21. The maximum absolute atomic E-state index is 13.7. The van der Waals surface area contributed by atoms with Crippen LogP contribution in [0, 0.1) is 5.82 Å². The molecule has 1 N–H and O–H groups in total. The number of likely N-dealkylation sites (tertiary alicyclic amines) is 1. The molecule has 178 valence electrons. The van der Waals surface area contributed by atoms with E-state index >= 15 is 0 Å². The Kier molecular flexibility index (Phi) is 8.64. The Morgan fingerprint density at radius 2 is 1.91 bits per heavy atom. The molecule has 5 rings (SSSR count). The molecule has 0 saturated carbocycles. The fourth-order valence-electron chi connectivity index (χ4n) is 4.44. The first-order chi connectivity index (χ1) is 15.2. The molecule has 0 atom stereocenters. The number of fused-ring (bicyclic) bond motifs is 2. The monoisotopic (exact) mass is 495 g/mol. The van der Waals surface area contributed by atoms with E-state index in [2.05, 4.69) is 26.3 Å². The highest BCUT2D eigenvalue weighted by Gasteiger charge is 2.20. The van der Waals surface area contributed by atoms with Crippen molar-refractivity contribution < 1.29 is 9.13 Å². The Labute approximate surface area is 204 Å². The van der Waals surface area contributed by atoms with Crippen molar-refractivity contribution in [2.24, 2.45) is 0 Å². The topological polar surface area (TPSA) is 72.3 Å². The van der Waals surface area contributed by atoms with Crippen LogP contribution >= 0.6 is 24.8 Å². The molecule has 2 aliphatic rings. The number of hydrogen-bond donors (Lipinski definition) is 1. The summed E-state index contributed by atoms with van der Waals surface area (Å²) in [6.45, 7) is 4.74. The predicted octanol–water partition coefficient (Wildman–Crippen LogP) is 2.96. The van der Waals surface area contributed by atoms with E-state index in [1.54, 1.807) is 10.6 Å². The third-order valence-electron chi connectivity index (χ3n) is 6.24. The standard InChI is InChI=1S/C23H26FN5O2.2ClH/c24-17-1-2-20-21(12-17)29(23(30)15-27-20)9-8-28-6-3-18(4-7-28)25-13-19-11-16-5-10-31-22(16)14-26-19;;/h1-2,11-12,14-15,18,25H,3-10,13H2;2*1H. The van der Waals surface area contributed by atoms with Crippen LogP contribution in [-0.2, 0) is 19.5 Å². The van der Waals surface area contributed by atoms with Gasteiger partial charge in [-0.15, -0.1) is 24.8 Å². The lowest BCUT2D eigenvalue weighted by molar-refractivity contribution is 0.191. The number of ether oxygens (including phenoxy) is 1. The highest BCUT2D eigenvalue weighted by Crippen LogP contribution is 2.24. The Balaban J connectivity index is 0.00000153. The summed E-state index contributed by atoms with van der Waals surface area (Å²) in [7, 11) is 0. The van der Waals surface area contributed by atoms with Gasteiger partial charge in [0, 0.05) is 37.7 Å². The largest absolute Gasteiger partial charge is 0.491 e. The van der Waals surface area contributed by atoms with Gasteiger partial charge in [-0.3, -0.25) is 9.78 Å². The summed E-state index contributed by atoms with van der Waals surface area (Å²) < 4.78 is 20.8. The normalized spacial score (nSPS) is 16.0. The molecule has 2 aliphatic heterocycles. The van der Waals surface area contributed by atoms with E-state index in [1.165, 1.54) is 23.9 Å². The van der Waals surface area contributed by atoms with Gasteiger partial charge in [0.15, 0.2) is 0 Å².